The van der Waals surface area contributed by atoms with Crippen molar-refractivity contribution in [3.63, 3.8) is 0 Å². The number of amides is 1. The van der Waals surface area contributed by atoms with Gasteiger partial charge in [-0.1, -0.05) is 71.2 Å². The highest BCUT2D eigenvalue weighted by Gasteiger charge is 2.34. The van der Waals surface area contributed by atoms with Crippen LogP contribution in [0.1, 0.15) is 35.5 Å². The fourth-order valence-corrected chi connectivity index (χ4v) is 4.17. The van der Waals surface area contributed by atoms with E-state index in [-0.39, 0.29) is 18.8 Å². The van der Waals surface area contributed by atoms with Crippen LogP contribution in [0.25, 0.3) is 0 Å². The summed E-state index contributed by atoms with van der Waals surface area (Å²) in [4.78, 5) is 14.3. The van der Waals surface area contributed by atoms with E-state index < -0.39 is 16.0 Å². The molecule has 2 aliphatic rings. The Labute approximate surface area is 213 Å². The predicted octanol–water partition coefficient (Wildman–Crippen LogP) is 4.37. The number of benzene rings is 2. The zero-order valence-corrected chi connectivity index (χ0v) is 20.7. The molecule has 4 rings (SSSR count). The summed E-state index contributed by atoms with van der Waals surface area (Å²) in [6.07, 6.45) is -0.0754. The molecule has 2 aromatic rings. The van der Waals surface area contributed by atoms with Crippen molar-refractivity contribution in [2.75, 3.05) is 38.2 Å². The van der Waals surface area contributed by atoms with Crippen LogP contribution >= 0.6 is 34.8 Å². The number of morpholine rings is 1. The van der Waals surface area contributed by atoms with E-state index in [1.807, 2.05) is 36.4 Å². The van der Waals surface area contributed by atoms with E-state index in [9.17, 15) is 9.90 Å². The number of aliphatic hydroxyl groups is 1. The van der Waals surface area contributed by atoms with Gasteiger partial charge in [0.05, 0.1) is 32.0 Å². The normalized spacial score (nSPS) is 24.1. The first-order valence-corrected chi connectivity index (χ1v) is 12.2. The van der Waals surface area contributed by atoms with Crippen molar-refractivity contribution in [2.24, 2.45) is 0 Å². The molecule has 34 heavy (non-hydrogen) atoms. The van der Waals surface area contributed by atoms with Crippen molar-refractivity contribution in [1.82, 2.24) is 4.90 Å². The molecule has 2 N–H and O–H groups in total. The van der Waals surface area contributed by atoms with E-state index in [0.29, 0.717) is 12.1 Å². The van der Waals surface area contributed by atoms with E-state index in [2.05, 4.69) is 10.2 Å². The molecule has 2 saturated heterocycles. The number of alkyl halides is 3. The lowest BCUT2D eigenvalue weighted by Gasteiger charge is -2.39. The number of anilines is 1. The van der Waals surface area contributed by atoms with Crippen LogP contribution in [0.15, 0.2) is 48.5 Å². The van der Waals surface area contributed by atoms with Crippen LogP contribution in [-0.4, -0.2) is 58.7 Å². The molecular formula is C24H27Cl3N2O5. The van der Waals surface area contributed by atoms with Gasteiger partial charge in [0.2, 0.25) is 0 Å². The summed E-state index contributed by atoms with van der Waals surface area (Å²) in [5.74, 6) is -0.729. The molecule has 2 aromatic carbocycles. The summed E-state index contributed by atoms with van der Waals surface area (Å²) < 4.78 is 16.1. The maximum atomic E-state index is 11.9. The highest BCUT2D eigenvalue weighted by Crippen LogP contribution is 2.38. The number of hydrogen-bond acceptors (Lipinski definition) is 6. The second-order valence-corrected chi connectivity index (χ2v) is 10.6. The lowest BCUT2D eigenvalue weighted by molar-refractivity contribution is -0.253. The van der Waals surface area contributed by atoms with Crippen LogP contribution in [0, 0.1) is 0 Å². The van der Waals surface area contributed by atoms with Gasteiger partial charge in [0.15, 0.2) is 6.29 Å². The number of carbonyl (C=O) groups is 1. The van der Waals surface area contributed by atoms with Crippen LogP contribution < -0.4 is 5.32 Å². The molecule has 0 aliphatic carbocycles. The minimum Gasteiger partial charge on any atom is -0.392 e. The average Bonchev–Trinajstić information content (AvgIpc) is 2.84. The third-order valence-corrected chi connectivity index (χ3v) is 6.39. The summed E-state index contributed by atoms with van der Waals surface area (Å²) in [5.41, 5.74) is 3.20. The van der Waals surface area contributed by atoms with Crippen LogP contribution in [0.3, 0.4) is 0 Å². The zero-order valence-electron chi connectivity index (χ0n) is 18.5. The van der Waals surface area contributed by atoms with E-state index in [1.165, 1.54) is 0 Å². The van der Waals surface area contributed by atoms with E-state index in [0.717, 1.165) is 49.5 Å². The van der Waals surface area contributed by atoms with Gasteiger partial charge in [0.1, 0.15) is 0 Å². The molecule has 184 valence electrons. The first-order chi connectivity index (χ1) is 16.3. The summed E-state index contributed by atoms with van der Waals surface area (Å²) in [6.45, 7) is 3.97. The molecule has 1 amide bonds. The minimum absolute atomic E-state index is 0.00163. The van der Waals surface area contributed by atoms with Crippen molar-refractivity contribution >= 4 is 46.4 Å². The van der Waals surface area contributed by atoms with Crippen molar-refractivity contribution in [1.29, 1.82) is 0 Å². The Morgan fingerprint density at radius 2 is 1.65 bits per heavy atom. The fourth-order valence-electron chi connectivity index (χ4n) is 4.03. The molecule has 0 aromatic heterocycles. The molecule has 0 spiro atoms. The number of aliphatic hydroxyl groups excluding tert-OH is 1. The number of hydrogen-bond donors (Lipinski definition) is 2. The van der Waals surface area contributed by atoms with Gasteiger partial charge in [-0.3, -0.25) is 9.69 Å². The van der Waals surface area contributed by atoms with Crippen molar-refractivity contribution in [3.8, 4) is 0 Å². The number of nitrogens with one attached hydrogen (secondary N) is 1. The number of carbonyl (C=O) groups excluding carboxylic acids is 1. The van der Waals surface area contributed by atoms with Crippen molar-refractivity contribution in [2.45, 2.75) is 35.3 Å². The average molecular weight is 530 g/mol. The Hall–Kier alpha value is -1.42. The van der Waals surface area contributed by atoms with E-state index in [4.69, 9.17) is 49.0 Å². The topological polar surface area (TPSA) is 80.3 Å². The third-order valence-electron chi connectivity index (χ3n) is 5.88. The quantitative estimate of drug-likeness (QED) is 0.541. The predicted molar refractivity (Wildman–Crippen MR) is 131 cm³/mol. The largest absolute Gasteiger partial charge is 0.392 e. The molecule has 0 radical (unpaired) electrons. The number of rotatable bonds is 6. The van der Waals surface area contributed by atoms with Gasteiger partial charge < -0.3 is 24.6 Å². The summed E-state index contributed by atoms with van der Waals surface area (Å²) in [5, 5.41) is 11.9. The van der Waals surface area contributed by atoms with Crippen LogP contribution in [-0.2, 0) is 25.6 Å². The molecule has 0 bridgehead atoms. The zero-order chi connectivity index (χ0) is 24.1. The van der Waals surface area contributed by atoms with Gasteiger partial charge >= 0.3 is 0 Å². The minimum atomic E-state index is -2.04. The summed E-state index contributed by atoms with van der Waals surface area (Å²) in [7, 11) is 0. The van der Waals surface area contributed by atoms with Gasteiger partial charge in [0.25, 0.3) is 9.70 Å². The van der Waals surface area contributed by atoms with Crippen LogP contribution in [0.5, 0.6) is 0 Å². The second kappa shape index (κ2) is 11.5. The van der Waals surface area contributed by atoms with Crippen molar-refractivity contribution < 1.29 is 24.1 Å². The maximum Gasteiger partial charge on any atom is 0.276 e. The molecule has 3 unspecified atom stereocenters. The Kier molecular flexibility index (Phi) is 8.71. The van der Waals surface area contributed by atoms with E-state index in [1.54, 1.807) is 12.1 Å². The first-order valence-electron chi connectivity index (χ1n) is 11.1. The summed E-state index contributed by atoms with van der Waals surface area (Å²) >= 11 is 16.9. The molecule has 2 fully saturated rings. The standard InChI is InChI=1S/C24H27Cl3N2O5/c25-24(26,27)23(31)28-19-7-5-18(6-8-19)22-33-20(14-29-9-11-32-12-10-29)13-21(34-22)17-3-1-16(15-30)2-4-17/h1-8,20-22,30H,9-15H2,(H,28,31). The molecule has 2 heterocycles. The molecule has 2 aliphatic heterocycles. The van der Waals surface area contributed by atoms with Gasteiger partial charge in [-0.25, -0.2) is 0 Å². The highest BCUT2D eigenvalue weighted by atomic mass is 35.6. The van der Waals surface area contributed by atoms with Gasteiger partial charge in [-0.05, 0) is 23.3 Å². The fraction of sp³-hybridized carbons (Fsp3) is 0.458. The molecular weight excluding hydrogens is 503 g/mol. The van der Waals surface area contributed by atoms with E-state index >= 15 is 0 Å². The SMILES string of the molecule is O=C(Nc1ccc(C2OC(CN3CCOCC3)CC(c3ccc(CO)cc3)O2)cc1)C(Cl)(Cl)Cl. The lowest BCUT2D eigenvalue weighted by atomic mass is 9.99. The number of nitrogens with zero attached hydrogens (tertiary/aromatic N) is 1. The molecule has 10 heteroatoms. The number of ether oxygens (including phenoxy) is 3. The maximum absolute atomic E-state index is 11.9. The molecule has 7 nitrogen and oxygen atoms in total. The van der Waals surface area contributed by atoms with Crippen molar-refractivity contribution in [3.05, 3.63) is 65.2 Å². The summed E-state index contributed by atoms with van der Waals surface area (Å²) in [6, 6.07) is 14.9. The third kappa shape index (κ3) is 6.83. The van der Waals surface area contributed by atoms with Gasteiger partial charge in [-0.2, -0.15) is 0 Å². The smallest absolute Gasteiger partial charge is 0.276 e. The monoisotopic (exact) mass is 528 g/mol. The molecule has 0 saturated carbocycles. The Balaban J connectivity index is 1.50. The Bertz CT molecular complexity index is 947. The molecule has 3 atom stereocenters. The highest BCUT2D eigenvalue weighted by molar-refractivity contribution is 6.76. The van der Waals surface area contributed by atoms with Gasteiger partial charge in [-0.15, -0.1) is 0 Å². The van der Waals surface area contributed by atoms with Gasteiger partial charge in [0, 0.05) is 37.3 Å². The number of halogens is 3. The Morgan fingerprint density at radius 3 is 2.26 bits per heavy atom. The lowest BCUT2D eigenvalue weighted by Crippen LogP contribution is -2.44. The second-order valence-electron chi connectivity index (χ2n) is 8.34. The first kappa shape index (κ1) is 25.7. The Morgan fingerprint density at radius 1 is 1.00 bits per heavy atom. The van der Waals surface area contributed by atoms with Crippen LogP contribution in [0.4, 0.5) is 5.69 Å². The van der Waals surface area contributed by atoms with Crippen LogP contribution in [0.2, 0.25) is 0 Å².